The van der Waals surface area contributed by atoms with E-state index in [9.17, 15) is 9.59 Å². The second-order valence-corrected chi connectivity index (χ2v) is 10.5. The van der Waals surface area contributed by atoms with Crippen LogP contribution < -0.4 is 15.8 Å². The number of aryl methyl sites for hydroxylation is 2. The molecule has 2 aromatic carbocycles. The molecule has 0 aliphatic carbocycles. The van der Waals surface area contributed by atoms with E-state index in [0.29, 0.717) is 33.9 Å². The lowest BCUT2D eigenvalue weighted by Crippen LogP contribution is -2.32. The van der Waals surface area contributed by atoms with Crippen LogP contribution in [0.15, 0.2) is 36.4 Å². The van der Waals surface area contributed by atoms with Crippen molar-refractivity contribution in [3.63, 3.8) is 0 Å². The average molecular weight is 546 g/mol. The van der Waals surface area contributed by atoms with Crippen molar-refractivity contribution in [2.75, 3.05) is 20.0 Å². The van der Waals surface area contributed by atoms with Gasteiger partial charge >= 0.3 is 12.1 Å². The Morgan fingerprint density at radius 2 is 1.73 bits per heavy atom. The van der Waals surface area contributed by atoms with Crippen LogP contribution in [0.5, 0.6) is 5.75 Å². The van der Waals surface area contributed by atoms with E-state index >= 15 is 0 Å². The zero-order chi connectivity index (χ0) is 29.4. The second kappa shape index (κ2) is 10.9. The van der Waals surface area contributed by atoms with E-state index in [0.717, 1.165) is 22.4 Å². The van der Waals surface area contributed by atoms with E-state index in [1.54, 1.807) is 39.4 Å². The van der Waals surface area contributed by atoms with Gasteiger partial charge in [0.1, 0.15) is 28.6 Å². The Morgan fingerprint density at radius 3 is 2.38 bits per heavy atom. The van der Waals surface area contributed by atoms with Crippen molar-refractivity contribution in [1.82, 2.24) is 19.9 Å². The average Bonchev–Trinajstić information content (AvgIpc) is 3.17. The maximum Gasteiger partial charge on any atom is 0.407 e. The standard InChI is InChI=1S/C30H35N5O5/c1-16-13-14-21(38-7)17(2)25(16)35-26(31)23(28(36)39-8)22-24(33-18(3)34-27(22)35)20-12-10-9-11-19(20)15-32-29(37)40-30(4,5)6/h9-14H,15,31H2,1-8H3,(H,32,37). The van der Waals surface area contributed by atoms with E-state index in [4.69, 9.17) is 29.9 Å². The van der Waals surface area contributed by atoms with E-state index < -0.39 is 17.7 Å². The number of nitrogens with zero attached hydrogens (tertiary/aromatic N) is 3. The predicted molar refractivity (Wildman–Crippen MR) is 154 cm³/mol. The number of nitrogens with one attached hydrogen (secondary N) is 1. The molecule has 40 heavy (non-hydrogen) atoms. The third kappa shape index (κ3) is 5.29. The molecule has 0 spiro atoms. The van der Waals surface area contributed by atoms with Gasteiger partial charge in [-0.2, -0.15) is 0 Å². The summed E-state index contributed by atoms with van der Waals surface area (Å²) >= 11 is 0. The molecule has 3 N–H and O–H groups in total. The minimum absolute atomic E-state index is 0.157. The van der Waals surface area contributed by atoms with Gasteiger partial charge in [-0.05, 0) is 58.7 Å². The summed E-state index contributed by atoms with van der Waals surface area (Å²) < 4.78 is 17.9. The minimum atomic E-state index is -0.633. The number of alkyl carbamates (subject to hydrolysis) is 1. The number of amides is 1. The number of hydrogen-bond donors (Lipinski definition) is 2. The van der Waals surface area contributed by atoms with E-state index in [1.165, 1.54) is 7.11 Å². The van der Waals surface area contributed by atoms with Crippen LogP contribution in [0.4, 0.5) is 10.6 Å². The van der Waals surface area contributed by atoms with Crippen LogP contribution in [0.3, 0.4) is 0 Å². The van der Waals surface area contributed by atoms with Gasteiger partial charge in [-0.25, -0.2) is 19.6 Å². The van der Waals surface area contributed by atoms with Crippen molar-refractivity contribution in [1.29, 1.82) is 0 Å². The van der Waals surface area contributed by atoms with Crippen LogP contribution >= 0.6 is 0 Å². The molecule has 0 aliphatic heterocycles. The van der Waals surface area contributed by atoms with Gasteiger partial charge in [0.05, 0.1) is 31.0 Å². The number of carbonyl (C=O) groups excluding carboxylic acids is 2. The number of esters is 1. The van der Waals surface area contributed by atoms with Crippen LogP contribution in [0.2, 0.25) is 0 Å². The molecule has 0 saturated heterocycles. The fourth-order valence-electron chi connectivity index (χ4n) is 4.80. The molecule has 0 bridgehead atoms. The Labute approximate surface area is 233 Å². The molecule has 10 nitrogen and oxygen atoms in total. The van der Waals surface area contributed by atoms with E-state index in [-0.39, 0.29) is 17.9 Å². The number of carbonyl (C=O) groups is 2. The van der Waals surface area contributed by atoms with Gasteiger partial charge in [-0.15, -0.1) is 0 Å². The van der Waals surface area contributed by atoms with Crippen molar-refractivity contribution >= 4 is 28.9 Å². The van der Waals surface area contributed by atoms with Crippen LogP contribution in [-0.2, 0) is 16.0 Å². The predicted octanol–water partition coefficient (Wildman–Crippen LogP) is 5.41. The van der Waals surface area contributed by atoms with Gasteiger partial charge in [0.15, 0.2) is 5.65 Å². The van der Waals surface area contributed by atoms with Gasteiger partial charge in [-0.1, -0.05) is 30.3 Å². The summed E-state index contributed by atoms with van der Waals surface area (Å²) in [5.41, 5.74) is 11.2. The van der Waals surface area contributed by atoms with Crippen LogP contribution in [0.25, 0.3) is 28.0 Å². The Hall–Kier alpha value is -4.60. The molecule has 4 aromatic rings. The largest absolute Gasteiger partial charge is 0.496 e. The number of nitrogens with two attached hydrogens (primary N) is 1. The number of aromatic nitrogens is 3. The maximum atomic E-state index is 13.2. The molecule has 0 unspecified atom stereocenters. The van der Waals surface area contributed by atoms with Gasteiger partial charge < -0.3 is 25.3 Å². The Kier molecular flexibility index (Phi) is 7.72. The first-order valence-corrected chi connectivity index (χ1v) is 12.8. The highest BCUT2D eigenvalue weighted by molar-refractivity contribution is 6.13. The molecule has 4 rings (SSSR count). The molecular formula is C30H35N5O5. The zero-order valence-electron chi connectivity index (χ0n) is 24.1. The van der Waals surface area contributed by atoms with E-state index in [2.05, 4.69) is 5.32 Å². The summed E-state index contributed by atoms with van der Waals surface area (Å²) in [5, 5.41) is 3.25. The summed E-state index contributed by atoms with van der Waals surface area (Å²) in [5.74, 6) is 0.709. The monoisotopic (exact) mass is 545 g/mol. The normalized spacial score (nSPS) is 11.4. The number of fused-ring (bicyclic) bond motifs is 1. The van der Waals surface area contributed by atoms with Gasteiger partial charge in [0.25, 0.3) is 0 Å². The van der Waals surface area contributed by atoms with Crippen molar-refractivity contribution in [2.45, 2.75) is 53.7 Å². The summed E-state index contributed by atoms with van der Waals surface area (Å²) in [6.45, 7) is 11.2. The molecule has 0 atom stereocenters. The molecule has 0 saturated carbocycles. The Morgan fingerprint density at radius 1 is 1.02 bits per heavy atom. The van der Waals surface area contributed by atoms with Gasteiger partial charge in [0, 0.05) is 17.7 Å². The number of rotatable bonds is 6. The number of anilines is 1. The summed E-state index contributed by atoms with van der Waals surface area (Å²) in [7, 11) is 2.91. The molecule has 0 aliphatic rings. The molecule has 2 aromatic heterocycles. The number of ether oxygens (including phenoxy) is 3. The lowest BCUT2D eigenvalue weighted by molar-refractivity contribution is 0.0522. The van der Waals surface area contributed by atoms with Crippen molar-refractivity contribution in [3.8, 4) is 22.7 Å². The molecule has 0 fully saturated rings. The molecule has 0 radical (unpaired) electrons. The SMILES string of the molecule is COC(=O)c1c(N)n(-c2c(C)ccc(OC)c2C)c2nc(C)nc(-c3ccccc3CNC(=O)OC(C)(C)C)c12. The number of nitrogen functional groups attached to an aromatic ring is 1. The smallest absolute Gasteiger partial charge is 0.407 e. The van der Waals surface area contributed by atoms with Gasteiger partial charge in [-0.3, -0.25) is 4.57 Å². The first-order valence-electron chi connectivity index (χ1n) is 12.8. The summed E-state index contributed by atoms with van der Waals surface area (Å²) in [4.78, 5) is 35.1. The lowest BCUT2D eigenvalue weighted by Gasteiger charge is -2.20. The molecule has 210 valence electrons. The number of methoxy groups -OCH3 is 2. The highest BCUT2D eigenvalue weighted by atomic mass is 16.6. The first-order chi connectivity index (χ1) is 18.9. The van der Waals surface area contributed by atoms with Crippen LogP contribution in [0, 0.1) is 20.8 Å². The van der Waals surface area contributed by atoms with Crippen LogP contribution in [0.1, 0.15) is 53.6 Å². The highest BCUT2D eigenvalue weighted by Crippen LogP contribution is 2.40. The topological polar surface area (TPSA) is 131 Å². The fraction of sp³-hybridized carbons (Fsp3) is 0.333. The first kappa shape index (κ1) is 28.4. The van der Waals surface area contributed by atoms with Crippen LogP contribution in [-0.4, -0.2) is 46.4 Å². The highest BCUT2D eigenvalue weighted by Gasteiger charge is 2.29. The Balaban J connectivity index is 2.00. The third-order valence-electron chi connectivity index (χ3n) is 6.47. The second-order valence-electron chi connectivity index (χ2n) is 10.5. The molecule has 1 amide bonds. The van der Waals surface area contributed by atoms with Crippen molar-refractivity contribution < 1.29 is 23.8 Å². The summed E-state index contributed by atoms with van der Waals surface area (Å²) in [6, 6.07) is 11.3. The molecular weight excluding hydrogens is 510 g/mol. The molecule has 2 heterocycles. The lowest BCUT2D eigenvalue weighted by atomic mass is 10.00. The maximum absolute atomic E-state index is 13.2. The quantitative estimate of drug-likeness (QED) is 0.307. The van der Waals surface area contributed by atoms with Gasteiger partial charge in [0.2, 0.25) is 0 Å². The van der Waals surface area contributed by atoms with Crippen molar-refractivity contribution in [2.24, 2.45) is 0 Å². The fourth-order valence-corrected chi connectivity index (χ4v) is 4.80. The summed E-state index contributed by atoms with van der Waals surface area (Å²) in [6.07, 6.45) is -0.541. The Bertz CT molecular complexity index is 1620. The number of benzene rings is 2. The van der Waals surface area contributed by atoms with Crippen molar-refractivity contribution in [3.05, 3.63) is 64.5 Å². The zero-order valence-corrected chi connectivity index (χ0v) is 24.1. The van der Waals surface area contributed by atoms with E-state index in [1.807, 2.05) is 50.2 Å². The number of hydrogen-bond acceptors (Lipinski definition) is 8. The minimum Gasteiger partial charge on any atom is -0.496 e. The molecule has 10 heteroatoms. The third-order valence-corrected chi connectivity index (χ3v) is 6.47.